The van der Waals surface area contributed by atoms with Gasteiger partial charge in [0.1, 0.15) is 0 Å². The second kappa shape index (κ2) is 4.50. The number of hydrogen-bond acceptors (Lipinski definition) is 4. The van der Waals surface area contributed by atoms with Gasteiger partial charge in [-0.15, -0.1) is 13.2 Å². The molecule has 0 radical (unpaired) electrons. The molecule has 0 heterocycles. The number of halogens is 1. The molecule has 0 bridgehead atoms. The summed E-state index contributed by atoms with van der Waals surface area (Å²) in [5, 5.41) is 0. The fourth-order valence-corrected chi connectivity index (χ4v) is 1.38. The zero-order valence-corrected chi connectivity index (χ0v) is 7.35. The number of alkyl halides is 1. The number of hydrogen-bond donors (Lipinski definition) is 2. The second-order valence-electron chi connectivity index (χ2n) is 1.30. The largest absolute Gasteiger partial charge is 0.348 e. The van der Waals surface area contributed by atoms with Crippen LogP contribution in [0.2, 0.25) is 0 Å². The predicted molar refractivity (Wildman–Crippen MR) is 39.2 cm³/mol. The summed E-state index contributed by atoms with van der Waals surface area (Å²) in [6, 6.07) is 0. The van der Waals surface area contributed by atoms with Gasteiger partial charge in [-0.05, 0) is 0 Å². The van der Waals surface area contributed by atoms with Gasteiger partial charge in [0.15, 0.2) is 0 Å². The summed E-state index contributed by atoms with van der Waals surface area (Å²) in [6.07, 6.45) is 0. The first-order valence-electron chi connectivity index (χ1n) is 2.22. The molecule has 0 saturated heterocycles. The summed E-state index contributed by atoms with van der Waals surface area (Å²) in [5.74, 6) is 0. The van der Waals surface area contributed by atoms with Crippen LogP contribution in [0.3, 0.4) is 0 Å². The maximum atomic E-state index is 11.7. The molecule has 0 amide bonds. The monoisotopic (exact) mass is 222 g/mol. The molecule has 74 valence electrons. The summed E-state index contributed by atoms with van der Waals surface area (Å²) in [5.41, 5.74) is 0. The fraction of sp³-hybridized carbons (Fsp3) is 0.333. The Labute approximate surface area is 69.2 Å². The first-order chi connectivity index (χ1) is 5.15. The maximum Gasteiger partial charge on any atom is 0.348 e. The Bertz CT molecular complexity index is 283. The van der Waals surface area contributed by atoms with Crippen LogP contribution in [0.1, 0.15) is 0 Å². The smallest absolute Gasteiger partial charge is 0.282 e. The van der Waals surface area contributed by atoms with Gasteiger partial charge in [0.25, 0.3) is 0 Å². The number of rotatable bonds is 2. The van der Waals surface area contributed by atoms with Crippen molar-refractivity contribution in [1.29, 1.82) is 0 Å². The zero-order valence-electron chi connectivity index (χ0n) is 5.71. The van der Waals surface area contributed by atoms with Gasteiger partial charge < -0.3 is 0 Å². The van der Waals surface area contributed by atoms with Crippen LogP contribution >= 0.6 is 0 Å². The van der Waals surface area contributed by atoms with E-state index in [1.807, 2.05) is 0 Å². The molecule has 0 aliphatic heterocycles. The van der Waals surface area contributed by atoms with Crippen molar-refractivity contribution in [2.24, 2.45) is 0 Å². The van der Waals surface area contributed by atoms with E-state index in [1.54, 1.807) is 0 Å². The van der Waals surface area contributed by atoms with Crippen molar-refractivity contribution < 1.29 is 30.3 Å². The Hall–Kier alpha value is -0.510. The molecule has 2 N–H and O–H groups in total. The van der Waals surface area contributed by atoms with Gasteiger partial charge in [-0.3, -0.25) is 9.11 Å². The fourth-order valence-electron chi connectivity index (χ4n) is 0.154. The highest BCUT2D eigenvalue weighted by atomic mass is 32.3. The molecule has 0 aromatic carbocycles. The third-order valence-electron chi connectivity index (χ3n) is 0.468. The molecule has 0 aromatic rings. The SMILES string of the molecule is C=C.O=S(=O)(O)C(F)S(=O)(=O)O. The molecule has 0 unspecified atom stereocenters. The van der Waals surface area contributed by atoms with E-state index in [-0.39, 0.29) is 0 Å². The Morgan fingerprint density at radius 3 is 1.17 bits per heavy atom. The van der Waals surface area contributed by atoms with E-state index in [9.17, 15) is 21.2 Å². The van der Waals surface area contributed by atoms with E-state index in [4.69, 9.17) is 9.11 Å². The summed E-state index contributed by atoms with van der Waals surface area (Å²) in [6.45, 7) is 6.00. The summed E-state index contributed by atoms with van der Waals surface area (Å²) in [4.78, 5) is -3.68. The molecule has 12 heavy (non-hydrogen) atoms. The van der Waals surface area contributed by atoms with Crippen molar-refractivity contribution in [2.45, 2.75) is 4.84 Å². The molecule has 0 saturated carbocycles. The maximum absolute atomic E-state index is 11.7. The summed E-state index contributed by atoms with van der Waals surface area (Å²) in [7, 11) is -10.7. The van der Waals surface area contributed by atoms with Crippen molar-refractivity contribution in [2.75, 3.05) is 0 Å². The zero-order chi connectivity index (χ0) is 10.6. The highest BCUT2D eigenvalue weighted by Crippen LogP contribution is 2.06. The Morgan fingerprint density at radius 2 is 1.17 bits per heavy atom. The average molecular weight is 222 g/mol. The van der Waals surface area contributed by atoms with Crippen LogP contribution in [0, 0.1) is 0 Å². The van der Waals surface area contributed by atoms with Gasteiger partial charge in [-0.2, -0.15) is 16.8 Å². The van der Waals surface area contributed by atoms with Crippen molar-refractivity contribution in [3.63, 3.8) is 0 Å². The van der Waals surface area contributed by atoms with E-state index >= 15 is 0 Å². The van der Waals surface area contributed by atoms with Crippen LogP contribution in [0.15, 0.2) is 13.2 Å². The van der Waals surface area contributed by atoms with Gasteiger partial charge in [-0.25, -0.2) is 4.39 Å². The van der Waals surface area contributed by atoms with E-state index in [1.165, 1.54) is 0 Å². The van der Waals surface area contributed by atoms with Crippen LogP contribution in [-0.4, -0.2) is 30.8 Å². The summed E-state index contributed by atoms with van der Waals surface area (Å²) >= 11 is 0. The lowest BCUT2D eigenvalue weighted by molar-refractivity contribution is 0.391. The molecular formula is C3H7FO6S2. The average Bonchev–Trinajstić information content (AvgIpc) is 1.87. The Morgan fingerprint density at radius 1 is 1.00 bits per heavy atom. The van der Waals surface area contributed by atoms with Crippen LogP contribution in [0.5, 0.6) is 0 Å². The van der Waals surface area contributed by atoms with E-state index in [2.05, 4.69) is 13.2 Å². The quantitative estimate of drug-likeness (QED) is 0.495. The summed E-state index contributed by atoms with van der Waals surface area (Å²) < 4.78 is 65.6. The van der Waals surface area contributed by atoms with Gasteiger partial charge in [0, 0.05) is 0 Å². The lowest BCUT2D eigenvalue weighted by atomic mass is 11.3. The molecule has 0 atom stereocenters. The lowest BCUT2D eigenvalue weighted by Gasteiger charge is -1.97. The van der Waals surface area contributed by atoms with Crippen molar-refractivity contribution in [3.8, 4) is 0 Å². The molecule has 0 aliphatic carbocycles. The Kier molecular flexibility index (Phi) is 5.26. The van der Waals surface area contributed by atoms with Gasteiger partial charge in [0.05, 0.1) is 0 Å². The molecular weight excluding hydrogens is 215 g/mol. The van der Waals surface area contributed by atoms with Crippen molar-refractivity contribution >= 4 is 20.2 Å². The third-order valence-corrected chi connectivity index (χ3v) is 2.86. The Balaban J connectivity index is 0. The highest BCUT2D eigenvalue weighted by molar-refractivity contribution is 8.03. The van der Waals surface area contributed by atoms with Crippen LogP contribution < -0.4 is 0 Å². The highest BCUT2D eigenvalue weighted by Gasteiger charge is 2.34. The molecule has 6 nitrogen and oxygen atoms in total. The topological polar surface area (TPSA) is 109 Å². The minimum absolute atomic E-state index is 3.00. The van der Waals surface area contributed by atoms with Crippen LogP contribution in [0.25, 0.3) is 0 Å². The van der Waals surface area contributed by atoms with Crippen LogP contribution in [-0.2, 0) is 20.2 Å². The lowest BCUT2D eigenvalue weighted by Crippen LogP contribution is -2.24. The molecule has 9 heteroatoms. The van der Waals surface area contributed by atoms with Crippen molar-refractivity contribution in [3.05, 3.63) is 13.2 Å². The second-order valence-corrected chi connectivity index (χ2v) is 4.49. The van der Waals surface area contributed by atoms with Gasteiger partial charge >= 0.3 is 25.1 Å². The van der Waals surface area contributed by atoms with E-state index in [0.717, 1.165) is 0 Å². The minimum Gasteiger partial charge on any atom is -0.282 e. The first-order valence-corrected chi connectivity index (χ1v) is 5.23. The van der Waals surface area contributed by atoms with E-state index < -0.39 is 25.1 Å². The minimum atomic E-state index is -5.37. The standard InChI is InChI=1S/C2H4.CH3FO6S2/c1-2;2-1(9(3,4)5)10(6,7)8/h1-2H2;1H,(H,3,4,5)(H,6,7,8). The molecule has 0 fully saturated rings. The first kappa shape index (κ1) is 14.0. The van der Waals surface area contributed by atoms with Gasteiger partial charge in [-0.1, -0.05) is 0 Å². The molecule has 0 aliphatic rings. The molecule has 0 rings (SSSR count). The van der Waals surface area contributed by atoms with E-state index in [0.29, 0.717) is 0 Å². The molecule has 0 spiro atoms. The van der Waals surface area contributed by atoms with Crippen LogP contribution in [0.4, 0.5) is 4.39 Å². The van der Waals surface area contributed by atoms with Crippen molar-refractivity contribution in [1.82, 2.24) is 0 Å². The van der Waals surface area contributed by atoms with Gasteiger partial charge in [0.2, 0.25) is 0 Å². The molecule has 0 aromatic heterocycles. The normalized spacial score (nSPS) is 12.0. The predicted octanol–water partition coefficient (Wildman–Crippen LogP) is -0.183. The third kappa shape index (κ3) is 5.18.